The van der Waals surface area contributed by atoms with E-state index in [0.717, 1.165) is 11.1 Å². The van der Waals surface area contributed by atoms with E-state index >= 15 is 0 Å². The Labute approximate surface area is 202 Å². The average Bonchev–Trinajstić information content (AvgIpc) is 3.37. The molecule has 0 radical (unpaired) electrons. The lowest BCUT2D eigenvalue weighted by Gasteiger charge is -2.12. The topological polar surface area (TPSA) is 93.9 Å². The molecule has 0 aliphatic carbocycles. The van der Waals surface area contributed by atoms with Crippen LogP contribution in [0.5, 0.6) is 0 Å². The number of halogens is 1. The maximum absolute atomic E-state index is 13.4. The molecule has 1 N–H and O–H groups in total. The molecule has 1 aliphatic heterocycles. The summed E-state index contributed by atoms with van der Waals surface area (Å²) in [5.74, 6) is -0.0927. The molecule has 0 spiro atoms. The van der Waals surface area contributed by atoms with Crippen molar-refractivity contribution in [3.63, 3.8) is 0 Å². The van der Waals surface area contributed by atoms with Crippen LogP contribution in [0, 0.1) is 6.92 Å². The number of carbonyl (C=O) groups excluding carboxylic acids is 1. The summed E-state index contributed by atoms with van der Waals surface area (Å²) in [6, 6.07) is 18.4. The molecule has 0 bridgehead atoms. The Hall–Kier alpha value is -3.23. The highest BCUT2D eigenvalue weighted by atomic mass is 35.5. The van der Waals surface area contributed by atoms with Gasteiger partial charge in [0.25, 0.3) is 5.91 Å². The first-order valence-electron chi connectivity index (χ1n) is 11.0. The summed E-state index contributed by atoms with van der Waals surface area (Å²) in [5, 5.41) is 8.89. The molecular formula is C25H23ClN4O3S. The Kier molecular flexibility index (Phi) is 5.87. The maximum atomic E-state index is 13.4. The van der Waals surface area contributed by atoms with Gasteiger partial charge in [0, 0.05) is 17.1 Å². The Morgan fingerprint density at radius 3 is 2.56 bits per heavy atom. The Balaban J connectivity index is 1.59. The average molecular weight is 495 g/mol. The van der Waals surface area contributed by atoms with Gasteiger partial charge in [0.15, 0.2) is 15.5 Å². The van der Waals surface area contributed by atoms with Crippen LogP contribution in [-0.2, 0) is 16.4 Å². The van der Waals surface area contributed by atoms with Crippen molar-refractivity contribution in [2.45, 2.75) is 25.9 Å². The number of nitrogens with zero attached hydrogens (tertiary/aromatic N) is 3. The van der Waals surface area contributed by atoms with Crippen LogP contribution in [-0.4, -0.2) is 40.6 Å². The number of hydrogen-bond acceptors (Lipinski definition) is 5. The lowest BCUT2D eigenvalue weighted by Crippen LogP contribution is -2.23. The summed E-state index contributed by atoms with van der Waals surface area (Å²) in [5.41, 5.74) is 4.05. The van der Waals surface area contributed by atoms with Crippen LogP contribution in [0.2, 0.25) is 5.02 Å². The highest BCUT2D eigenvalue weighted by Crippen LogP contribution is 2.32. The Bertz CT molecular complexity index is 1480. The van der Waals surface area contributed by atoms with Gasteiger partial charge in [-0.1, -0.05) is 54.1 Å². The molecule has 1 unspecified atom stereocenters. The molecule has 1 fully saturated rings. The minimum Gasteiger partial charge on any atom is -0.348 e. The van der Waals surface area contributed by atoms with Crippen LogP contribution >= 0.6 is 11.6 Å². The third kappa shape index (κ3) is 4.43. The highest BCUT2D eigenvalue weighted by molar-refractivity contribution is 7.91. The standard InChI is InChI=1S/C25H23ClN4O3S/c1-16-23-21(25(31)27-14-17-7-9-19(26)10-8-17)13-22(18-5-3-2-4-6-18)28-24(23)30(29-16)20-11-12-34(32,33)15-20/h2-10,13,20H,11-12,14-15H2,1H3,(H,27,31). The van der Waals surface area contributed by atoms with Crippen LogP contribution in [0.1, 0.15) is 34.1 Å². The number of amides is 1. The van der Waals surface area contributed by atoms with Crippen LogP contribution in [0.25, 0.3) is 22.3 Å². The number of sulfone groups is 1. The molecule has 4 aromatic rings. The second-order valence-electron chi connectivity index (χ2n) is 8.52. The number of pyridine rings is 1. The number of benzene rings is 2. The van der Waals surface area contributed by atoms with E-state index in [1.807, 2.05) is 49.4 Å². The molecule has 174 valence electrons. The third-order valence-electron chi connectivity index (χ3n) is 6.07. The first-order valence-corrected chi connectivity index (χ1v) is 13.2. The number of aromatic nitrogens is 3. The Morgan fingerprint density at radius 2 is 1.88 bits per heavy atom. The molecule has 1 atom stereocenters. The third-order valence-corrected chi connectivity index (χ3v) is 8.07. The van der Waals surface area contributed by atoms with Crippen molar-refractivity contribution in [2.75, 3.05) is 11.5 Å². The summed E-state index contributed by atoms with van der Waals surface area (Å²) in [4.78, 5) is 18.2. The predicted octanol–water partition coefficient (Wildman–Crippen LogP) is 4.35. The molecule has 1 aliphatic rings. The fraction of sp³-hybridized carbons (Fsp3) is 0.240. The molecule has 0 saturated carbocycles. The van der Waals surface area contributed by atoms with Crippen LogP contribution in [0.15, 0.2) is 60.7 Å². The monoisotopic (exact) mass is 494 g/mol. The molecule has 5 rings (SSSR count). The molecule has 2 aromatic heterocycles. The smallest absolute Gasteiger partial charge is 0.252 e. The normalized spacial score (nSPS) is 17.2. The summed E-state index contributed by atoms with van der Waals surface area (Å²) >= 11 is 5.96. The fourth-order valence-electron chi connectivity index (χ4n) is 4.35. The van der Waals surface area contributed by atoms with Gasteiger partial charge in [0.1, 0.15) is 0 Å². The zero-order valence-electron chi connectivity index (χ0n) is 18.5. The SMILES string of the molecule is Cc1nn(C2CCS(=O)(=O)C2)c2nc(-c3ccccc3)cc(C(=O)NCc3ccc(Cl)cc3)c12. The predicted molar refractivity (Wildman–Crippen MR) is 133 cm³/mol. The van der Waals surface area contributed by atoms with Crippen molar-refractivity contribution in [1.29, 1.82) is 0 Å². The van der Waals surface area contributed by atoms with E-state index in [4.69, 9.17) is 16.6 Å². The summed E-state index contributed by atoms with van der Waals surface area (Å²) in [6.45, 7) is 2.16. The van der Waals surface area contributed by atoms with Gasteiger partial charge in [-0.25, -0.2) is 18.1 Å². The van der Waals surface area contributed by atoms with Crippen molar-refractivity contribution < 1.29 is 13.2 Å². The van der Waals surface area contributed by atoms with Crippen LogP contribution < -0.4 is 5.32 Å². The number of nitrogens with one attached hydrogen (secondary N) is 1. The lowest BCUT2D eigenvalue weighted by molar-refractivity contribution is 0.0952. The van der Waals surface area contributed by atoms with Crippen LogP contribution in [0.3, 0.4) is 0 Å². The number of hydrogen-bond donors (Lipinski definition) is 1. The molecule has 2 aromatic carbocycles. The number of fused-ring (bicyclic) bond motifs is 1. The van der Waals surface area contributed by atoms with Gasteiger partial charge in [0.05, 0.1) is 39.9 Å². The fourth-order valence-corrected chi connectivity index (χ4v) is 6.17. The van der Waals surface area contributed by atoms with Crippen molar-refractivity contribution >= 4 is 38.4 Å². The highest BCUT2D eigenvalue weighted by Gasteiger charge is 2.32. The quantitative estimate of drug-likeness (QED) is 0.445. The largest absolute Gasteiger partial charge is 0.348 e. The second-order valence-corrected chi connectivity index (χ2v) is 11.2. The molecule has 1 amide bonds. The van der Waals surface area contributed by atoms with E-state index in [0.29, 0.717) is 46.0 Å². The van der Waals surface area contributed by atoms with Gasteiger partial charge >= 0.3 is 0 Å². The van der Waals surface area contributed by atoms with E-state index in [-0.39, 0.29) is 23.5 Å². The van der Waals surface area contributed by atoms with Gasteiger partial charge in [-0.15, -0.1) is 0 Å². The van der Waals surface area contributed by atoms with E-state index < -0.39 is 9.84 Å². The van der Waals surface area contributed by atoms with Crippen LogP contribution in [0.4, 0.5) is 0 Å². The van der Waals surface area contributed by atoms with E-state index in [1.165, 1.54) is 0 Å². The van der Waals surface area contributed by atoms with E-state index in [1.54, 1.807) is 22.9 Å². The van der Waals surface area contributed by atoms with E-state index in [9.17, 15) is 13.2 Å². The molecule has 34 heavy (non-hydrogen) atoms. The lowest BCUT2D eigenvalue weighted by atomic mass is 10.0. The second kappa shape index (κ2) is 8.85. The first kappa shape index (κ1) is 22.6. The molecule has 3 heterocycles. The molecule has 7 nitrogen and oxygen atoms in total. The zero-order valence-corrected chi connectivity index (χ0v) is 20.1. The molecule has 1 saturated heterocycles. The minimum absolute atomic E-state index is 0.0264. The van der Waals surface area contributed by atoms with E-state index in [2.05, 4.69) is 10.4 Å². The zero-order chi connectivity index (χ0) is 23.9. The molecular weight excluding hydrogens is 472 g/mol. The van der Waals surface area contributed by atoms with Crippen molar-refractivity contribution in [2.24, 2.45) is 0 Å². The number of carbonyl (C=O) groups is 1. The summed E-state index contributed by atoms with van der Waals surface area (Å²) < 4.78 is 25.9. The first-order chi connectivity index (χ1) is 16.3. The molecule has 9 heteroatoms. The van der Waals surface area contributed by atoms with Gasteiger partial charge in [-0.3, -0.25) is 4.79 Å². The maximum Gasteiger partial charge on any atom is 0.252 e. The van der Waals surface area contributed by atoms with Gasteiger partial charge in [-0.05, 0) is 37.1 Å². The summed E-state index contributed by atoms with van der Waals surface area (Å²) in [7, 11) is -3.11. The van der Waals surface area contributed by atoms with Crippen molar-refractivity contribution in [1.82, 2.24) is 20.1 Å². The van der Waals surface area contributed by atoms with Crippen molar-refractivity contribution in [3.8, 4) is 11.3 Å². The Morgan fingerprint density at radius 1 is 1.15 bits per heavy atom. The summed E-state index contributed by atoms with van der Waals surface area (Å²) in [6.07, 6.45) is 0.480. The van der Waals surface area contributed by atoms with Gasteiger partial charge < -0.3 is 5.32 Å². The number of aryl methyl sites for hydroxylation is 1. The van der Waals surface area contributed by atoms with Gasteiger partial charge in [-0.2, -0.15) is 5.10 Å². The minimum atomic E-state index is -3.11. The number of rotatable bonds is 5. The van der Waals surface area contributed by atoms with Gasteiger partial charge in [0.2, 0.25) is 0 Å². The van der Waals surface area contributed by atoms with Crippen molar-refractivity contribution in [3.05, 3.63) is 82.5 Å².